The first kappa shape index (κ1) is 15.9. The Balaban J connectivity index is 1.93. The molecule has 0 aromatic carbocycles. The number of carbonyl (C=O) groups excluding carboxylic acids is 1. The Labute approximate surface area is 128 Å². The van der Waals surface area contributed by atoms with Crippen LogP contribution in [0.1, 0.15) is 39.0 Å². The summed E-state index contributed by atoms with van der Waals surface area (Å²) in [5.74, 6) is 0.235. The van der Waals surface area contributed by atoms with Crippen molar-refractivity contribution in [2.45, 2.75) is 55.5 Å². The van der Waals surface area contributed by atoms with Gasteiger partial charge in [-0.1, -0.05) is 31.0 Å². The quantitative estimate of drug-likeness (QED) is 0.639. The molecule has 0 spiro atoms. The van der Waals surface area contributed by atoms with Crippen LogP contribution in [-0.4, -0.2) is 34.3 Å². The maximum absolute atomic E-state index is 12.2. The summed E-state index contributed by atoms with van der Waals surface area (Å²) in [7, 11) is 1.45. The largest absolute Gasteiger partial charge is 0.481 e. The molecule has 0 aliphatic heterocycles. The first-order chi connectivity index (χ1) is 10.1. The predicted octanol–water partition coefficient (Wildman–Crippen LogP) is 1.71. The van der Waals surface area contributed by atoms with Gasteiger partial charge in [-0.3, -0.25) is 9.59 Å². The molecule has 1 aliphatic carbocycles. The van der Waals surface area contributed by atoms with Crippen LogP contribution < -0.4 is 15.6 Å². The Kier molecular flexibility index (Phi) is 5.67. The second-order valence-electron chi connectivity index (χ2n) is 5.20. The van der Waals surface area contributed by atoms with Crippen molar-refractivity contribution in [1.82, 2.24) is 15.3 Å². The monoisotopic (exact) mass is 311 g/mol. The summed E-state index contributed by atoms with van der Waals surface area (Å²) in [6.07, 6.45) is 5.72. The normalized spacial score (nSPS) is 17.2. The van der Waals surface area contributed by atoms with Crippen molar-refractivity contribution < 1.29 is 9.53 Å². The lowest BCUT2D eigenvalue weighted by molar-refractivity contribution is -0.121. The second kappa shape index (κ2) is 7.49. The Bertz CT molecular complexity index is 541. The van der Waals surface area contributed by atoms with E-state index in [1.165, 1.54) is 44.2 Å². The van der Waals surface area contributed by atoms with Crippen molar-refractivity contribution >= 4 is 17.7 Å². The number of hydrogen-bond donors (Lipinski definition) is 2. The molecule has 1 atom stereocenters. The number of carbonyl (C=O) groups is 1. The Morgan fingerprint density at radius 2 is 2.19 bits per heavy atom. The smallest absolute Gasteiger partial charge is 0.255 e. The molecule has 0 saturated heterocycles. The van der Waals surface area contributed by atoms with Crippen LogP contribution in [-0.2, 0) is 4.79 Å². The SMILES string of the molecule is COc1cc(=O)[nH]c(S[C@H](C)C(=O)NC2CCCCC2)n1. The van der Waals surface area contributed by atoms with E-state index in [1.807, 2.05) is 6.92 Å². The van der Waals surface area contributed by atoms with Gasteiger partial charge in [-0.15, -0.1) is 0 Å². The van der Waals surface area contributed by atoms with Gasteiger partial charge in [-0.25, -0.2) is 0 Å². The average molecular weight is 311 g/mol. The van der Waals surface area contributed by atoms with E-state index in [0.717, 1.165) is 12.8 Å². The molecule has 1 fully saturated rings. The number of amides is 1. The minimum absolute atomic E-state index is 0.0163. The predicted molar refractivity (Wildman–Crippen MR) is 81.7 cm³/mol. The van der Waals surface area contributed by atoms with Gasteiger partial charge in [0.2, 0.25) is 11.8 Å². The molecule has 0 radical (unpaired) electrons. The lowest BCUT2D eigenvalue weighted by Crippen LogP contribution is -2.40. The fourth-order valence-electron chi connectivity index (χ4n) is 2.36. The summed E-state index contributed by atoms with van der Waals surface area (Å²) in [5, 5.41) is 3.15. The molecule has 7 heteroatoms. The second-order valence-corrected chi connectivity index (χ2v) is 6.53. The van der Waals surface area contributed by atoms with E-state index in [2.05, 4.69) is 15.3 Å². The summed E-state index contributed by atoms with van der Waals surface area (Å²) in [6.45, 7) is 1.81. The highest BCUT2D eigenvalue weighted by Crippen LogP contribution is 2.22. The van der Waals surface area contributed by atoms with Crippen LogP contribution in [0.25, 0.3) is 0 Å². The van der Waals surface area contributed by atoms with E-state index < -0.39 is 0 Å². The van der Waals surface area contributed by atoms with Crippen molar-refractivity contribution in [2.75, 3.05) is 7.11 Å². The Morgan fingerprint density at radius 3 is 2.86 bits per heavy atom. The molecule has 2 rings (SSSR count). The van der Waals surface area contributed by atoms with Crippen molar-refractivity contribution in [1.29, 1.82) is 0 Å². The van der Waals surface area contributed by atoms with Gasteiger partial charge in [0.1, 0.15) is 0 Å². The summed E-state index contributed by atoms with van der Waals surface area (Å²) in [4.78, 5) is 30.4. The number of nitrogens with zero attached hydrogens (tertiary/aromatic N) is 1. The van der Waals surface area contributed by atoms with E-state index in [-0.39, 0.29) is 28.6 Å². The molecular formula is C14H21N3O3S. The number of rotatable bonds is 5. The van der Waals surface area contributed by atoms with Crippen LogP contribution in [0.5, 0.6) is 5.88 Å². The third kappa shape index (κ3) is 4.77. The molecular weight excluding hydrogens is 290 g/mol. The number of aromatic nitrogens is 2. The van der Waals surface area contributed by atoms with Crippen molar-refractivity contribution in [3.63, 3.8) is 0 Å². The summed E-state index contributed by atoms with van der Waals surface area (Å²) < 4.78 is 4.95. The number of H-pyrrole nitrogens is 1. The molecule has 1 aromatic heterocycles. The van der Waals surface area contributed by atoms with Crippen molar-refractivity contribution in [3.8, 4) is 5.88 Å². The highest BCUT2D eigenvalue weighted by Gasteiger charge is 2.21. The minimum Gasteiger partial charge on any atom is -0.481 e. The average Bonchev–Trinajstić information content (AvgIpc) is 2.47. The summed E-state index contributed by atoms with van der Waals surface area (Å²) in [6, 6.07) is 1.56. The first-order valence-corrected chi connectivity index (χ1v) is 8.09. The molecule has 1 aliphatic rings. The maximum atomic E-state index is 12.2. The molecule has 2 N–H and O–H groups in total. The standard InChI is InChI=1S/C14H21N3O3S/c1-9(13(19)15-10-6-4-3-5-7-10)21-14-16-11(18)8-12(17-14)20-2/h8-10H,3-7H2,1-2H3,(H,15,19)(H,16,17,18)/t9-/m1/s1. The highest BCUT2D eigenvalue weighted by atomic mass is 32.2. The van der Waals surface area contributed by atoms with Gasteiger partial charge < -0.3 is 15.0 Å². The molecule has 116 valence electrons. The van der Waals surface area contributed by atoms with E-state index in [1.54, 1.807) is 0 Å². The van der Waals surface area contributed by atoms with Crippen molar-refractivity contribution in [2.24, 2.45) is 0 Å². The van der Waals surface area contributed by atoms with Gasteiger partial charge in [0.05, 0.1) is 18.4 Å². The van der Waals surface area contributed by atoms with Gasteiger partial charge in [0.25, 0.3) is 5.56 Å². The van der Waals surface area contributed by atoms with Crippen LogP contribution >= 0.6 is 11.8 Å². The molecule has 6 nitrogen and oxygen atoms in total. The van der Waals surface area contributed by atoms with Gasteiger partial charge in [0.15, 0.2) is 5.16 Å². The molecule has 1 saturated carbocycles. The highest BCUT2D eigenvalue weighted by molar-refractivity contribution is 8.00. The van der Waals surface area contributed by atoms with Crippen LogP contribution in [0, 0.1) is 0 Å². The molecule has 1 heterocycles. The van der Waals surface area contributed by atoms with Crippen LogP contribution in [0.15, 0.2) is 16.0 Å². The molecule has 1 amide bonds. The Hall–Kier alpha value is -1.50. The zero-order valence-corrected chi connectivity index (χ0v) is 13.2. The minimum atomic E-state index is -0.317. The third-order valence-corrected chi connectivity index (χ3v) is 4.50. The van der Waals surface area contributed by atoms with Gasteiger partial charge >= 0.3 is 0 Å². The molecule has 0 unspecified atom stereocenters. The Morgan fingerprint density at radius 1 is 1.48 bits per heavy atom. The fraction of sp³-hybridized carbons (Fsp3) is 0.643. The molecule has 21 heavy (non-hydrogen) atoms. The number of nitrogens with one attached hydrogen (secondary N) is 2. The number of ether oxygens (including phenoxy) is 1. The van der Waals surface area contributed by atoms with Gasteiger partial charge in [0, 0.05) is 6.04 Å². The van der Waals surface area contributed by atoms with Crippen LogP contribution in [0.2, 0.25) is 0 Å². The number of methoxy groups -OCH3 is 1. The topological polar surface area (TPSA) is 84.1 Å². The van der Waals surface area contributed by atoms with E-state index >= 15 is 0 Å². The van der Waals surface area contributed by atoms with E-state index in [9.17, 15) is 9.59 Å². The lowest BCUT2D eigenvalue weighted by Gasteiger charge is -2.24. The van der Waals surface area contributed by atoms with Crippen LogP contribution in [0.3, 0.4) is 0 Å². The van der Waals surface area contributed by atoms with Gasteiger partial charge in [-0.2, -0.15) is 4.98 Å². The summed E-state index contributed by atoms with van der Waals surface area (Å²) in [5.41, 5.74) is -0.288. The zero-order valence-electron chi connectivity index (χ0n) is 12.3. The van der Waals surface area contributed by atoms with E-state index in [0.29, 0.717) is 5.16 Å². The number of aromatic amines is 1. The molecule has 0 bridgehead atoms. The van der Waals surface area contributed by atoms with Crippen molar-refractivity contribution in [3.05, 3.63) is 16.4 Å². The number of hydrogen-bond acceptors (Lipinski definition) is 5. The first-order valence-electron chi connectivity index (χ1n) is 7.21. The maximum Gasteiger partial charge on any atom is 0.255 e. The third-order valence-electron chi connectivity index (χ3n) is 3.51. The summed E-state index contributed by atoms with van der Waals surface area (Å²) >= 11 is 1.23. The lowest BCUT2D eigenvalue weighted by atomic mass is 9.95. The molecule has 1 aromatic rings. The zero-order chi connectivity index (χ0) is 15.2. The number of thioether (sulfide) groups is 1. The van der Waals surface area contributed by atoms with Crippen LogP contribution in [0.4, 0.5) is 0 Å². The fourth-order valence-corrected chi connectivity index (χ4v) is 3.17. The van der Waals surface area contributed by atoms with Gasteiger partial charge in [-0.05, 0) is 19.8 Å². The van der Waals surface area contributed by atoms with E-state index in [4.69, 9.17) is 4.74 Å².